The molecule has 0 N–H and O–H groups in total. The van der Waals surface area contributed by atoms with E-state index in [0.717, 1.165) is 12.8 Å². The van der Waals surface area contributed by atoms with Crippen LogP contribution in [0.5, 0.6) is 0 Å². The van der Waals surface area contributed by atoms with Crippen LogP contribution in [0.1, 0.15) is 33.6 Å². The average Bonchev–Trinajstić information content (AvgIpc) is 2.27. The molecule has 0 heterocycles. The molecule has 3 nitrogen and oxygen atoms in total. The molecule has 0 saturated carbocycles. The quantitative estimate of drug-likeness (QED) is 0.307. The third-order valence-electron chi connectivity index (χ3n) is 2.30. The Morgan fingerprint density at radius 2 is 1.94 bits per heavy atom. The average molecular weight is 237 g/mol. The molecule has 0 fully saturated rings. The highest BCUT2D eigenvalue weighted by Crippen LogP contribution is 2.06. The fourth-order valence-corrected chi connectivity index (χ4v) is 1.16. The number of hydrogen-bond acceptors (Lipinski definition) is 2. The molecule has 0 aromatic carbocycles. The van der Waals surface area contributed by atoms with Gasteiger partial charge in [-0.1, -0.05) is 29.4 Å². The lowest BCUT2D eigenvalue weighted by Gasteiger charge is -2.09. The van der Waals surface area contributed by atoms with Crippen LogP contribution < -0.4 is 0 Å². The van der Waals surface area contributed by atoms with Gasteiger partial charge in [-0.25, -0.2) is 5.06 Å². The molecule has 0 rings (SSSR count). The summed E-state index contributed by atoms with van der Waals surface area (Å²) < 4.78 is 0. The standard InChI is InChI=1S/C14H23NO2/c1-12(2)8-6-9-13(3)10-7-11-14(16)15(4)17-5/h7-8,10-11H,6,9H2,1-5H3/b11-7+,13-10+. The Kier molecular flexibility index (Phi) is 8.07. The monoisotopic (exact) mass is 237 g/mol. The van der Waals surface area contributed by atoms with Crippen LogP contribution in [-0.2, 0) is 9.63 Å². The van der Waals surface area contributed by atoms with Crippen LogP contribution in [0.3, 0.4) is 0 Å². The minimum absolute atomic E-state index is 0.166. The molecule has 0 aliphatic carbocycles. The molecular formula is C14H23NO2. The molecule has 96 valence electrons. The molecule has 0 bridgehead atoms. The van der Waals surface area contributed by atoms with Crippen LogP contribution >= 0.6 is 0 Å². The first-order valence-corrected chi connectivity index (χ1v) is 5.76. The summed E-state index contributed by atoms with van der Waals surface area (Å²) in [6.07, 6.45) is 9.49. The maximum atomic E-state index is 11.3. The van der Waals surface area contributed by atoms with Gasteiger partial charge in [0.25, 0.3) is 5.91 Å². The molecule has 0 aliphatic heterocycles. The molecule has 3 heteroatoms. The van der Waals surface area contributed by atoms with E-state index in [0.29, 0.717) is 0 Å². The smallest absolute Gasteiger partial charge is 0.269 e. The van der Waals surface area contributed by atoms with Crippen LogP contribution in [-0.4, -0.2) is 25.1 Å². The van der Waals surface area contributed by atoms with Crippen molar-refractivity contribution in [1.29, 1.82) is 0 Å². The van der Waals surface area contributed by atoms with E-state index in [9.17, 15) is 4.79 Å². The van der Waals surface area contributed by atoms with Gasteiger partial charge in [0.2, 0.25) is 0 Å². The number of hydroxylamine groups is 2. The normalized spacial score (nSPS) is 11.7. The van der Waals surface area contributed by atoms with Gasteiger partial charge in [-0.2, -0.15) is 0 Å². The van der Waals surface area contributed by atoms with Gasteiger partial charge in [0, 0.05) is 13.1 Å². The molecule has 0 atom stereocenters. The van der Waals surface area contributed by atoms with Crippen molar-refractivity contribution in [2.45, 2.75) is 33.6 Å². The van der Waals surface area contributed by atoms with Gasteiger partial charge in [0.05, 0.1) is 7.11 Å². The third kappa shape index (κ3) is 8.46. The van der Waals surface area contributed by atoms with E-state index < -0.39 is 0 Å². The number of allylic oxidation sites excluding steroid dienone is 5. The fraction of sp³-hybridized carbons (Fsp3) is 0.500. The summed E-state index contributed by atoms with van der Waals surface area (Å²) in [6.45, 7) is 6.25. The van der Waals surface area contributed by atoms with Crippen LogP contribution in [0.4, 0.5) is 0 Å². The highest BCUT2D eigenvalue weighted by atomic mass is 16.7. The predicted molar refractivity (Wildman–Crippen MR) is 71.3 cm³/mol. The van der Waals surface area contributed by atoms with E-state index in [1.807, 2.05) is 6.08 Å². The topological polar surface area (TPSA) is 29.5 Å². The summed E-state index contributed by atoms with van der Waals surface area (Å²) in [4.78, 5) is 16.1. The van der Waals surface area contributed by atoms with E-state index in [-0.39, 0.29) is 5.91 Å². The summed E-state index contributed by atoms with van der Waals surface area (Å²) >= 11 is 0. The summed E-state index contributed by atoms with van der Waals surface area (Å²) in [5.74, 6) is -0.166. The number of carbonyl (C=O) groups is 1. The highest BCUT2D eigenvalue weighted by Gasteiger charge is 2.00. The van der Waals surface area contributed by atoms with Gasteiger partial charge in [0.15, 0.2) is 0 Å². The van der Waals surface area contributed by atoms with Gasteiger partial charge < -0.3 is 0 Å². The van der Waals surface area contributed by atoms with Crippen molar-refractivity contribution < 1.29 is 9.63 Å². The molecule has 0 saturated heterocycles. The molecule has 0 aromatic heterocycles. The van der Waals surface area contributed by atoms with Crippen LogP contribution in [0.2, 0.25) is 0 Å². The zero-order chi connectivity index (χ0) is 13.3. The van der Waals surface area contributed by atoms with Crippen molar-refractivity contribution in [3.05, 3.63) is 35.5 Å². The number of carbonyl (C=O) groups excluding carboxylic acids is 1. The number of hydrogen-bond donors (Lipinski definition) is 0. The zero-order valence-corrected chi connectivity index (χ0v) is 11.5. The van der Waals surface area contributed by atoms with E-state index in [1.54, 1.807) is 13.1 Å². The van der Waals surface area contributed by atoms with Crippen molar-refractivity contribution in [1.82, 2.24) is 5.06 Å². The summed E-state index contributed by atoms with van der Waals surface area (Å²) in [5.41, 5.74) is 2.59. The molecule has 0 radical (unpaired) electrons. The number of rotatable bonds is 6. The van der Waals surface area contributed by atoms with Crippen molar-refractivity contribution in [2.75, 3.05) is 14.2 Å². The first-order valence-electron chi connectivity index (χ1n) is 5.76. The molecule has 0 unspecified atom stereocenters. The number of amides is 1. The molecular weight excluding hydrogens is 214 g/mol. The van der Waals surface area contributed by atoms with Crippen molar-refractivity contribution in [3.8, 4) is 0 Å². The van der Waals surface area contributed by atoms with Crippen LogP contribution in [0.25, 0.3) is 0 Å². The van der Waals surface area contributed by atoms with Gasteiger partial charge in [-0.05, 0) is 33.6 Å². The largest absolute Gasteiger partial charge is 0.274 e. The minimum Gasteiger partial charge on any atom is -0.274 e. The first kappa shape index (κ1) is 15.7. The molecule has 0 aliphatic rings. The summed E-state index contributed by atoms with van der Waals surface area (Å²) in [6, 6.07) is 0. The minimum atomic E-state index is -0.166. The number of likely N-dealkylation sites (N-methyl/N-ethyl adjacent to an activating group) is 1. The van der Waals surface area contributed by atoms with E-state index in [1.165, 1.54) is 29.4 Å². The predicted octanol–water partition coefficient (Wildman–Crippen LogP) is 3.26. The Bertz CT molecular complexity index is 323. The fourth-order valence-electron chi connectivity index (χ4n) is 1.16. The van der Waals surface area contributed by atoms with Crippen LogP contribution in [0, 0.1) is 0 Å². The second kappa shape index (κ2) is 8.76. The molecule has 0 aromatic rings. The Morgan fingerprint density at radius 1 is 1.29 bits per heavy atom. The summed E-state index contributed by atoms with van der Waals surface area (Å²) in [7, 11) is 3.05. The maximum Gasteiger partial charge on any atom is 0.269 e. The van der Waals surface area contributed by atoms with Crippen molar-refractivity contribution >= 4 is 5.91 Å². The maximum absolute atomic E-state index is 11.3. The van der Waals surface area contributed by atoms with Gasteiger partial charge in [-0.3, -0.25) is 9.63 Å². The molecule has 0 spiro atoms. The van der Waals surface area contributed by atoms with Gasteiger partial charge in [0.1, 0.15) is 0 Å². The molecule has 17 heavy (non-hydrogen) atoms. The lowest BCUT2D eigenvalue weighted by atomic mass is 10.1. The van der Waals surface area contributed by atoms with Crippen molar-refractivity contribution in [3.63, 3.8) is 0 Å². The van der Waals surface area contributed by atoms with Gasteiger partial charge >= 0.3 is 0 Å². The SMILES string of the molecule is CON(C)C(=O)/C=C/C=C(\C)CCC=C(C)C. The lowest BCUT2D eigenvalue weighted by molar-refractivity contribution is -0.162. The van der Waals surface area contributed by atoms with Gasteiger partial charge in [-0.15, -0.1) is 0 Å². The Morgan fingerprint density at radius 3 is 2.47 bits per heavy atom. The highest BCUT2D eigenvalue weighted by molar-refractivity contribution is 5.86. The van der Waals surface area contributed by atoms with Crippen molar-refractivity contribution in [2.24, 2.45) is 0 Å². The van der Waals surface area contributed by atoms with E-state index in [4.69, 9.17) is 4.84 Å². The van der Waals surface area contributed by atoms with E-state index >= 15 is 0 Å². The first-order chi connectivity index (χ1) is 7.97. The summed E-state index contributed by atoms with van der Waals surface area (Å²) in [5, 5.41) is 1.18. The molecule has 1 amide bonds. The zero-order valence-electron chi connectivity index (χ0n) is 11.5. The Labute approximate surface area is 104 Å². The Balaban J connectivity index is 4.10. The second-order valence-electron chi connectivity index (χ2n) is 4.21. The lowest BCUT2D eigenvalue weighted by Crippen LogP contribution is -2.22. The van der Waals surface area contributed by atoms with E-state index in [2.05, 4.69) is 26.8 Å². The number of nitrogens with zero attached hydrogens (tertiary/aromatic N) is 1. The van der Waals surface area contributed by atoms with Crippen LogP contribution in [0.15, 0.2) is 35.5 Å². The third-order valence-corrected chi connectivity index (χ3v) is 2.30. The Hall–Kier alpha value is -1.35. The second-order valence-corrected chi connectivity index (χ2v) is 4.21.